The molecule has 1 aliphatic heterocycles. The van der Waals surface area contributed by atoms with Gasteiger partial charge in [0, 0.05) is 18.5 Å². The van der Waals surface area contributed by atoms with Crippen molar-refractivity contribution in [2.24, 2.45) is 5.92 Å². The molecule has 1 atom stereocenters. The number of hydrogen-bond acceptors (Lipinski definition) is 7. The first-order chi connectivity index (χ1) is 12.6. The second-order valence-corrected chi connectivity index (χ2v) is 7.62. The Morgan fingerprint density at radius 3 is 2.96 bits per heavy atom. The fraction of sp³-hybridized carbons (Fsp3) is 0.412. The van der Waals surface area contributed by atoms with Gasteiger partial charge in [-0.15, -0.1) is 22.7 Å². The molecule has 1 saturated heterocycles. The molecule has 9 heteroatoms. The molecule has 0 aliphatic carbocycles. The number of esters is 1. The number of anilines is 1. The topological polar surface area (TPSA) is 88.6 Å². The number of carbonyl (C=O) groups is 3. The summed E-state index contributed by atoms with van der Waals surface area (Å²) < 4.78 is 4.89. The molecule has 1 aliphatic rings. The second-order valence-electron chi connectivity index (χ2n) is 5.82. The molecule has 0 radical (unpaired) electrons. The van der Waals surface area contributed by atoms with Crippen LogP contribution in [0.2, 0.25) is 0 Å². The van der Waals surface area contributed by atoms with Crippen LogP contribution in [0.3, 0.4) is 0 Å². The lowest BCUT2D eigenvalue weighted by Gasteiger charge is -2.31. The van der Waals surface area contributed by atoms with Crippen molar-refractivity contribution < 1.29 is 19.1 Å². The normalized spacial score (nSPS) is 17.0. The molecule has 1 N–H and O–H groups in total. The van der Waals surface area contributed by atoms with Gasteiger partial charge in [0.15, 0.2) is 10.8 Å². The Morgan fingerprint density at radius 1 is 1.38 bits per heavy atom. The molecule has 0 spiro atoms. The smallest absolute Gasteiger partial charge is 0.357 e. The summed E-state index contributed by atoms with van der Waals surface area (Å²) in [6.07, 6.45) is 1.50. The van der Waals surface area contributed by atoms with Crippen LogP contribution in [0.1, 0.15) is 39.9 Å². The zero-order chi connectivity index (χ0) is 18.5. The van der Waals surface area contributed by atoms with E-state index in [2.05, 4.69) is 10.3 Å². The lowest BCUT2D eigenvalue weighted by atomic mass is 9.97. The number of carbonyl (C=O) groups excluding carboxylic acids is 3. The lowest BCUT2D eigenvalue weighted by Crippen LogP contribution is -2.43. The Kier molecular flexibility index (Phi) is 6.00. The maximum Gasteiger partial charge on any atom is 0.357 e. The first-order valence-corrected chi connectivity index (χ1v) is 10.1. The Labute approximate surface area is 159 Å². The van der Waals surface area contributed by atoms with E-state index in [4.69, 9.17) is 4.74 Å². The van der Waals surface area contributed by atoms with Gasteiger partial charge < -0.3 is 15.0 Å². The number of rotatable bonds is 5. The van der Waals surface area contributed by atoms with Crippen LogP contribution in [0, 0.1) is 5.92 Å². The fourth-order valence-electron chi connectivity index (χ4n) is 2.77. The third-order valence-electron chi connectivity index (χ3n) is 4.03. The van der Waals surface area contributed by atoms with Crippen LogP contribution in [0.15, 0.2) is 22.9 Å². The van der Waals surface area contributed by atoms with E-state index in [0.29, 0.717) is 23.1 Å². The number of thiazole rings is 1. The highest BCUT2D eigenvalue weighted by atomic mass is 32.1. The van der Waals surface area contributed by atoms with Gasteiger partial charge in [0.05, 0.1) is 17.4 Å². The SMILES string of the molecule is CCOC(=O)c1csc(NC(=O)[C@H]2CCCN(C(=O)c3cccs3)C2)n1. The predicted molar refractivity (Wildman–Crippen MR) is 99.6 cm³/mol. The van der Waals surface area contributed by atoms with Gasteiger partial charge in [-0.25, -0.2) is 9.78 Å². The van der Waals surface area contributed by atoms with Gasteiger partial charge in [-0.05, 0) is 31.2 Å². The standard InChI is InChI=1S/C17H19N3O4S2/c1-2-24-16(23)12-10-26-17(18-12)19-14(21)11-5-3-7-20(9-11)15(22)13-6-4-8-25-13/h4,6,8,10-11H,2-3,5,7,9H2,1H3,(H,18,19,21)/t11-/m0/s1. The summed E-state index contributed by atoms with van der Waals surface area (Å²) in [4.78, 5) is 43.1. The Morgan fingerprint density at radius 2 is 2.23 bits per heavy atom. The molecule has 0 saturated carbocycles. The van der Waals surface area contributed by atoms with Crippen molar-refractivity contribution in [3.8, 4) is 0 Å². The molecule has 2 aromatic heterocycles. The monoisotopic (exact) mass is 393 g/mol. The lowest BCUT2D eigenvalue weighted by molar-refractivity contribution is -0.121. The van der Waals surface area contributed by atoms with Crippen molar-refractivity contribution >= 4 is 45.6 Å². The minimum atomic E-state index is -0.505. The summed E-state index contributed by atoms with van der Waals surface area (Å²) in [6.45, 7) is 3.04. The van der Waals surface area contributed by atoms with Gasteiger partial charge in [-0.3, -0.25) is 9.59 Å². The van der Waals surface area contributed by atoms with Crippen molar-refractivity contribution in [1.82, 2.24) is 9.88 Å². The van der Waals surface area contributed by atoms with Crippen LogP contribution < -0.4 is 5.32 Å². The van der Waals surface area contributed by atoms with Crippen LogP contribution in [0.5, 0.6) is 0 Å². The predicted octanol–water partition coefficient (Wildman–Crippen LogP) is 2.87. The zero-order valence-electron chi connectivity index (χ0n) is 14.3. The third-order valence-corrected chi connectivity index (χ3v) is 5.65. The average Bonchev–Trinajstić information content (AvgIpc) is 3.33. The van der Waals surface area contributed by atoms with Gasteiger partial charge in [0.25, 0.3) is 5.91 Å². The molecular weight excluding hydrogens is 374 g/mol. The Bertz CT molecular complexity index is 788. The minimum Gasteiger partial charge on any atom is -0.461 e. The highest BCUT2D eigenvalue weighted by Gasteiger charge is 2.29. The highest BCUT2D eigenvalue weighted by molar-refractivity contribution is 7.14. The highest BCUT2D eigenvalue weighted by Crippen LogP contribution is 2.23. The van der Waals surface area contributed by atoms with E-state index in [9.17, 15) is 14.4 Å². The van der Waals surface area contributed by atoms with Crippen molar-refractivity contribution in [1.29, 1.82) is 0 Å². The molecule has 3 rings (SSSR count). The first-order valence-electron chi connectivity index (χ1n) is 8.34. The number of amides is 2. The second kappa shape index (κ2) is 8.41. The number of likely N-dealkylation sites (tertiary alicyclic amines) is 1. The van der Waals surface area contributed by atoms with E-state index in [1.54, 1.807) is 23.3 Å². The minimum absolute atomic E-state index is 0.0312. The van der Waals surface area contributed by atoms with Crippen LogP contribution in [0.4, 0.5) is 5.13 Å². The van der Waals surface area contributed by atoms with Crippen LogP contribution in [-0.4, -0.2) is 47.4 Å². The third kappa shape index (κ3) is 4.28. The van der Waals surface area contributed by atoms with Crippen LogP contribution in [0.25, 0.3) is 0 Å². The molecule has 138 valence electrons. The van der Waals surface area contributed by atoms with E-state index < -0.39 is 5.97 Å². The largest absolute Gasteiger partial charge is 0.461 e. The van der Waals surface area contributed by atoms with E-state index in [0.717, 1.165) is 12.8 Å². The summed E-state index contributed by atoms with van der Waals surface area (Å²) in [5, 5.41) is 6.53. The van der Waals surface area contributed by atoms with Crippen molar-refractivity contribution in [3.63, 3.8) is 0 Å². The summed E-state index contributed by atoms with van der Waals surface area (Å²) in [5.74, 6) is -1.01. The van der Waals surface area contributed by atoms with E-state index in [1.165, 1.54) is 22.7 Å². The van der Waals surface area contributed by atoms with Crippen LogP contribution >= 0.6 is 22.7 Å². The average molecular weight is 393 g/mol. The van der Waals surface area contributed by atoms with Crippen molar-refractivity contribution in [2.45, 2.75) is 19.8 Å². The van der Waals surface area contributed by atoms with Gasteiger partial charge in [-0.2, -0.15) is 0 Å². The summed E-state index contributed by atoms with van der Waals surface area (Å²) in [7, 11) is 0. The number of aromatic nitrogens is 1. The van der Waals surface area contributed by atoms with Crippen molar-refractivity contribution in [3.05, 3.63) is 33.5 Å². The summed E-state index contributed by atoms with van der Waals surface area (Å²) >= 11 is 2.58. The van der Waals surface area contributed by atoms with E-state index >= 15 is 0 Å². The van der Waals surface area contributed by atoms with E-state index in [1.807, 2.05) is 11.4 Å². The van der Waals surface area contributed by atoms with Gasteiger partial charge >= 0.3 is 5.97 Å². The molecule has 26 heavy (non-hydrogen) atoms. The number of piperidine rings is 1. The molecule has 2 amide bonds. The molecule has 0 bridgehead atoms. The molecule has 1 fully saturated rings. The molecular formula is C17H19N3O4S2. The summed E-state index contributed by atoms with van der Waals surface area (Å²) in [6, 6.07) is 3.64. The van der Waals surface area contributed by atoms with Crippen LogP contribution in [-0.2, 0) is 9.53 Å². The number of hydrogen-bond donors (Lipinski definition) is 1. The molecule has 2 aromatic rings. The van der Waals surface area contributed by atoms with Gasteiger partial charge in [0.1, 0.15) is 0 Å². The van der Waals surface area contributed by atoms with Crippen molar-refractivity contribution in [2.75, 3.05) is 25.0 Å². The van der Waals surface area contributed by atoms with E-state index in [-0.39, 0.29) is 30.0 Å². The molecule has 7 nitrogen and oxygen atoms in total. The maximum atomic E-state index is 12.5. The number of thiophene rings is 1. The zero-order valence-corrected chi connectivity index (χ0v) is 15.9. The first kappa shape index (κ1) is 18.5. The quantitative estimate of drug-likeness (QED) is 0.789. The number of ether oxygens (including phenoxy) is 1. The summed E-state index contributed by atoms with van der Waals surface area (Å²) in [5.41, 5.74) is 0.185. The molecule has 0 unspecified atom stereocenters. The van der Waals surface area contributed by atoms with Gasteiger partial charge in [0.2, 0.25) is 5.91 Å². The Balaban J connectivity index is 1.59. The maximum absolute atomic E-state index is 12.5. The molecule has 3 heterocycles. The van der Waals surface area contributed by atoms with Gasteiger partial charge in [-0.1, -0.05) is 6.07 Å². The Hall–Kier alpha value is -2.26. The fourth-order valence-corrected chi connectivity index (χ4v) is 4.14. The molecule has 0 aromatic carbocycles. The number of nitrogens with one attached hydrogen (secondary N) is 1. The number of nitrogens with zero attached hydrogens (tertiary/aromatic N) is 2.